The Hall–Kier alpha value is -4.79. The van der Waals surface area contributed by atoms with Crippen molar-refractivity contribution < 1.29 is 28.8 Å². The van der Waals surface area contributed by atoms with E-state index in [0.717, 1.165) is 5.56 Å². The van der Waals surface area contributed by atoms with Crippen LogP contribution in [0.3, 0.4) is 0 Å². The molecule has 1 N–H and O–H groups in total. The summed E-state index contributed by atoms with van der Waals surface area (Å²) in [7, 11) is 6.03. The molecule has 0 radical (unpaired) electrons. The molecule has 184 valence electrons. The van der Waals surface area contributed by atoms with E-state index in [0.29, 0.717) is 40.0 Å². The average Bonchev–Trinajstić information content (AvgIpc) is 3.22. The first-order valence-electron chi connectivity index (χ1n) is 10.9. The van der Waals surface area contributed by atoms with E-state index in [1.165, 1.54) is 45.7 Å². The average molecular weight is 488 g/mol. The summed E-state index contributed by atoms with van der Waals surface area (Å²) < 4.78 is 21.4. The molecule has 0 spiro atoms. The first kappa shape index (κ1) is 24.3. The molecule has 1 aliphatic heterocycles. The van der Waals surface area contributed by atoms with Crippen LogP contribution in [0.25, 0.3) is 6.08 Å². The van der Waals surface area contributed by atoms with Gasteiger partial charge in [-0.05, 0) is 47.5 Å². The number of carbonyl (C=O) groups is 1. The predicted molar refractivity (Wildman–Crippen MR) is 136 cm³/mol. The van der Waals surface area contributed by atoms with Crippen LogP contribution in [0.1, 0.15) is 16.7 Å². The van der Waals surface area contributed by atoms with Gasteiger partial charge >= 0.3 is 0 Å². The first-order valence-corrected chi connectivity index (χ1v) is 10.9. The van der Waals surface area contributed by atoms with Gasteiger partial charge in [0.25, 0.3) is 5.91 Å². The molecule has 9 heteroatoms. The zero-order valence-electron chi connectivity index (χ0n) is 20.3. The minimum atomic E-state index is -0.412. The summed E-state index contributed by atoms with van der Waals surface area (Å²) in [5.41, 5.74) is 2.17. The third-order valence-electron chi connectivity index (χ3n) is 5.39. The molecule has 0 saturated heterocycles. The van der Waals surface area contributed by atoms with Gasteiger partial charge in [-0.2, -0.15) is 10.1 Å². The molecule has 9 nitrogen and oxygen atoms in total. The Morgan fingerprint density at radius 3 is 2.08 bits per heavy atom. The van der Waals surface area contributed by atoms with Gasteiger partial charge in [0.2, 0.25) is 5.75 Å². The Morgan fingerprint density at radius 2 is 1.47 bits per heavy atom. The maximum absolute atomic E-state index is 13.4. The smallest absolute Gasteiger partial charge is 0.298 e. The molecule has 0 fully saturated rings. The van der Waals surface area contributed by atoms with Gasteiger partial charge in [0.1, 0.15) is 5.70 Å². The number of benzene rings is 3. The fraction of sp³-hybridized carbons (Fsp3) is 0.148. The highest BCUT2D eigenvalue weighted by molar-refractivity contribution is 6.19. The molecule has 1 amide bonds. The summed E-state index contributed by atoms with van der Waals surface area (Å²) in [4.78, 5) is 18.0. The molecule has 0 bridgehead atoms. The van der Waals surface area contributed by atoms with Crippen molar-refractivity contribution in [2.75, 3.05) is 28.4 Å². The molecule has 0 saturated carbocycles. The number of aliphatic imine (C=N–C) groups is 1. The van der Waals surface area contributed by atoms with Gasteiger partial charge in [-0.3, -0.25) is 4.79 Å². The largest absolute Gasteiger partial charge is 0.504 e. The Morgan fingerprint density at radius 1 is 0.833 bits per heavy atom. The summed E-state index contributed by atoms with van der Waals surface area (Å²) in [5.74, 6) is 1.63. The van der Waals surface area contributed by atoms with Crippen LogP contribution in [-0.2, 0) is 4.79 Å². The quantitative estimate of drug-likeness (QED) is 0.379. The number of methoxy groups -OCH3 is 4. The molecule has 0 atom stereocenters. The highest BCUT2D eigenvalue weighted by atomic mass is 16.5. The van der Waals surface area contributed by atoms with Gasteiger partial charge in [-0.15, -0.1) is 0 Å². The van der Waals surface area contributed by atoms with E-state index < -0.39 is 5.91 Å². The number of aromatic hydroxyl groups is 1. The summed E-state index contributed by atoms with van der Waals surface area (Å²) in [6.45, 7) is 0. The van der Waals surface area contributed by atoms with Crippen LogP contribution < -0.4 is 18.9 Å². The molecule has 0 aromatic heterocycles. The molecular formula is C27H25N3O6. The molecule has 1 heterocycles. The second kappa shape index (κ2) is 10.6. The maximum atomic E-state index is 13.4. The van der Waals surface area contributed by atoms with Crippen molar-refractivity contribution in [3.8, 4) is 28.7 Å². The number of hydrogen-bond acceptors (Lipinski definition) is 8. The second-order valence-corrected chi connectivity index (χ2v) is 7.58. The van der Waals surface area contributed by atoms with Crippen molar-refractivity contribution in [1.29, 1.82) is 0 Å². The lowest BCUT2D eigenvalue weighted by molar-refractivity contribution is -0.122. The number of amidine groups is 1. The van der Waals surface area contributed by atoms with E-state index in [2.05, 4.69) is 10.1 Å². The third kappa shape index (κ3) is 4.85. The van der Waals surface area contributed by atoms with E-state index in [-0.39, 0.29) is 11.4 Å². The van der Waals surface area contributed by atoms with Gasteiger partial charge in [0, 0.05) is 5.56 Å². The lowest BCUT2D eigenvalue weighted by Gasteiger charge is -2.13. The van der Waals surface area contributed by atoms with Gasteiger partial charge in [0.15, 0.2) is 28.8 Å². The molecule has 0 aliphatic carbocycles. The van der Waals surface area contributed by atoms with E-state index in [1.54, 1.807) is 30.3 Å². The zero-order valence-corrected chi connectivity index (χ0v) is 20.3. The van der Waals surface area contributed by atoms with Crippen molar-refractivity contribution in [2.45, 2.75) is 0 Å². The topological polar surface area (TPSA) is 102 Å². The first-order chi connectivity index (χ1) is 17.5. The van der Waals surface area contributed by atoms with E-state index in [1.807, 2.05) is 30.3 Å². The standard InChI is InChI=1S/C27H25N3O6/c1-33-22-13-17(10-11-21(22)31)16-28-30-26(19-8-6-5-7-9-19)29-20(27(30)32)12-18-14-23(34-2)25(36-4)24(15-18)35-3/h5-16,31H,1-4H3. The van der Waals surface area contributed by atoms with Crippen molar-refractivity contribution in [1.82, 2.24) is 5.01 Å². The van der Waals surface area contributed by atoms with Gasteiger partial charge in [-0.25, -0.2) is 4.99 Å². The van der Waals surface area contributed by atoms with E-state index in [4.69, 9.17) is 18.9 Å². The number of rotatable bonds is 8. The molecule has 4 rings (SSSR count). The zero-order chi connectivity index (χ0) is 25.7. The number of nitrogens with zero attached hydrogens (tertiary/aromatic N) is 3. The normalized spacial score (nSPS) is 14.3. The molecule has 1 aliphatic rings. The van der Waals surface area contributed by atoms with Crippen molar-refractivity contribution >= 4 is 24.0 Å². The fourth-order valence-electron chi connectivity index (χ4n) is 3.63. The van der Waals surface area contributed by atoms with E-state index in [9.17, 15) is 9.90 Å². The monoisotopic (exact) mass is 487 g/mol. The van der Waals surface area contributed by atoms with Gasteiger partial charge in [-0.1, -0.05) is 30.3 Å². The number of hydrogen-bond donors (Lipinski definition) is 1. The summed E-state index contributed by atoms with van der Waals surface area (Å²) in [6.07, 6.45) is 3.13. The van der Waals surface area contributed by atoms with Crippen LogP contribution in [0, 0.1) is 0 Å². The molecule has 0 unspecified atom stereocenters. The molecule has 36 heavy (non-hydrogen) atoms. The lowest BCUT2D eigenvalue weighted by Crippen LogP contribution is -2.27. The van der Waals surface area contributed by atoms with Crippen LogP contribution in [-0.4, -0.2) is 56.5 Å². The Bertz CT molecular complexity index is 1340. The van der Waals surface area contributed by atoms with Crippen molar-refractivity contribution in [3.63, 3.8) is 0 Å². The SMILES string of the molecule is COc1cc(C=NN2C(=O)C(=Cc3cc(OC)c(OC)c(OC)c3)N=C2c2ccccc2)ccc1O. The minimum absolute atomic E-state index is 0.00834. The number of carbonyl (C=O) groups excluding carboxylic acids is 1. The van der Waals surface area contributed by atoms with Crippen LogP contribution in [0.2, 0.25) is 0 Å². The maximum Gasteiger partial charge on any atom is 0.298 e. The Labute approximate surface area is 208 Å². The van der Waals surface area contributed by atoms with Crippen LogP contribution in [0.4, 0.5) is 0 Å². The molecule has 3 aromatic carbocycles. The number of hydrazone groups is 1. The minimum Gasteiger partial charge on any atom is -0.504 e. The Kier molecular flexibility index (Phi) is 7.20. The van der Waals surface area contributed by atoms with Crippen molar-refractivity contribution in [3.05, 3.63) is 83.1 Å². The van der Waals surface area contributed by atoms with Gasteiger partial charge in [0.05, 0.1) is 34.7 Å². The van der Waals surface area contributed by atoms with Crippen LogP contribution in [0.15, 0.2) is 76.5 Å². The van der Waals surface area contributed by atoms with Crippen LogP contribution >= 0.6 is 0 Å². The van der Waals surface area contributed by atoms with Crippen LogP contribution in [0.5, 0.6) is 28.7 Å². The van der Waals surface area contributed by atoms with Gasteiger partial charge < -0.3 is 24.1 Å². The lowest BCUT2D eigenvalue weighted by atomic mass is 10.1. The summed E-state index contributed by atoms with van der Waals surface area (Å²) in [6, 6.07) is 17.5. The number of phenols is 1. The predicted octanol–water partition coefficient (Wildman–Crippen LogP) is 4.09. The molecule has 3 aromatic rings. The van der Waals surface area contributed by atoms with E-state index >= 15 is 0 Å². The Balaban J connectivity index is 1.75. The highest BCUT2D eigenvalue weighted by Crippen LogP contribution is 2.39. The van der Waals surface area contributed by atoms with Crippen molar-refractivity contribution in [2.24, 2.45) is 10.1 Å². The number of ether oxygens (including phenoxy) is 4. The number of phenolic OH excluding ortho intramolecular Hbond substituents is 1. The third-order valence-corrected chi connectivity index (χ3v) is 5.39. The highest BCUT2D eigenvalue weighted by Gasteiger charge is 2.31. The summed E-state index contributed by atoms with van der Waals surface area (Å²) in [5, 5.41) is 15.5. The fourth-order valence-corrected chi connectivity index (χ4v) is 3.63. The summed E-state index contributed by atoms with van der Waals surface area (Å²) >= 11 is 0. The second-order valence-electron chi connectivity index (χ2n) is 7.58. The number of amides is 1. The molecular weight excluding hydrogens is 462 g/mol.